The molecule has 82 valence electrons. The van der Waals surface area contributed by atoms with E-state index < -0.39 is 0 Å². The van der Waals surface area contributed by atoms with E-state index in [1.807, 2.05) is 0 Å². The van der Waals surface area contributed by atoms with Crippen LogP contribution < -0.4 is 0 Å². The summed E-state index contributed by atoms with van der Waals surface area (Å²) in [6.45, 7) is 8.68. The Kier molecular flexibility index (Phi) is 4.15. The molecule has 0 spiro atoms. The van der Waals surface area contributed by atoms with E-state index >= 15 is 0 Å². The maximum Gasteiger partial charge on any atom is 0.139 e. The van der Waals surface area contributed by atoms with E-state index in [4.69, 9.17) is 0 Å². The second kappa shape index (κ2) is 4.95. The summed E-state index contributed by atoms with van der Waals surface area (Å²) in [6.07, 6.45) is 4.77. The van der Waals surface area contributed by atoms with Gasteiger partial charge < -0.3 is 0 Å². The van der Waals surface area contributed by atoms with Crippen LogP contribution in [0.15, 0.2) is 0 Å². The Labute approximate surface area is 88.3 Å². The number of ketones is 1. The van der Waals surface area contributed by atoms with E-state index in [1.54, 1.807) is 0 Å². The molecule has 1 nitrogen and oxygen atoms in total. The lowest BCUT2D eigenvalue weighted by Crippen LogP contribution is -2.28. The van der Waals surface area contributed by atoms with Crippen molar-refractivity contribution in [3.63, 3.8) is 0 Å². The summed E-state index contributed by atoms with van der Waals surface area (Å²) in [5.74, 6) is 2.50. The first-order valence-electron chi connectivity index (χ1n) is 6.06. The van der Waals surface area contributed by atoms with Crippen molar-refractivity contribution in [1.82, 2.24) is 0 Å². The predicted molar refractivity (Wildman–Crippen MR) is 60.1 cm³/mol. The van der Waals surface area contributed by atoms with Crippen LogP contribution in [0.5, 0.6) is 0 Å². The first kappa shape index (κ1) is 11.7. The van der Waals surface area contributed by atoms with Gasteiger partial charge in [-0.2, -0.15) is 0 Å². The fourth-order valence-corrected chi connectivity index (χ4v) is 2.24. The van der Waals surface area contributed by atoms with Crippen molar-refractivity contribution >= 4 is 5.78 Å². The molecule has 0 saturated heterocycles. The normalized spacial score (nSPS) is 30.4. The molecule has 1 unspecified atom stereocenters. The SMILES string of the molecule is CC1CCC(C(=O)C(C)C(C)C)CC1. The van der Waals surface area contributed by atoms with Crippen LogP contribution >= 0.6 is 0 Å². The van der Waals surface area contributed by atoms with Crippen molar-refractivity contribution in [3.8, 4) is 0 Å². The number of carbonyl (C=O) groups excluding carboxylic acids is 1. The number of hydrogen-bond donors (Lipinski definition) is 0. The van der Waals surface area contributed by atoms with E-state index in [9.17, 15) is 4.79 Å². The van der Waals surface area contributed by atoms with Crippen molar-refractivity contribution in [1.29, 1.82) is 0 Å². The second-order valence-corrected chi connectivity index (χ2v) is 5.39. The molecular weight excluding hydrogens is 172 g/mol. The van der Waals surface area contributed by atoms with Gasteiger partial charge >= 0.3 is 0 Å². The molecule has 14 heavy (non-hydrogen) atoms. The van der Waals surface area contributed by atoms with E-state index in [2.05, 4.69) is 27.7 Å². The van der Waals surface area contributed by atoms with Gasteiger partial charge in [-0.3, -0.25) is 4.79 Å². The zero-order valence-electron chi connectivity index (χ0n) is 10.0. The number of Topliss-reactive ketones (excluding diaryl/α,β-unsaturated/α-hetero) is 1. The molecule has 0 N–H and O–H groups in total. The fraction of sp³-hybridized carbons (Fsp3) is 0.923. The lowest BCUT2D eigenvalue weighted by atomic mass is 9.76. The van der Waals surface area contributed by atoms with Gasteiger partial charge in [-0.05, 0) is 24.7 Å². The van der Waals surface area contributed by atoms with Gasteiger partial charge in [-0.15, -0.1) is 0 Å². The Morgan fingerprint density at radius 1 is 1.07 bits per heavy atom. The summed E-state index contributed by atoms with van der Waals surface area (Å²) in [4.78, 5) is 12.0. The lowest BCUT2D eigenvalue weighted by molar-refractivity contribution is -0.128. The van der Waals surface area contributed by atoms with Gasteiger partial charge in [0.1, 0.15) is 5.78 Å². The summed E-state index contributed by atoms with van der Waals surface area (Å²) < 4.78 is 0. The highest BCUT2D eigenvalue weighted by atomic mass is 16.1. The van der Waals surface area contributed by atoms with Crippen molar-refractivity contribution in [2.45, 2.75) is 53.4 Å². The molecular formula is C13H24O. The van der Waals surface area contributed by atoms with Gasteiger partial charge in [0.2, 0.25) is 0 Å². The lowest BCUT2D eigenvalue weighted by Gasteiger charge is -2.28. The summed E-state index contributed by atoms with van der Waals surface area (Å²) in [5.41, 5.74) is 0. The number of carbonyl (C=O) groups is 1. The molecule has 0 heterocycles. The van der Waals surface area contributed by atoms with Crippen LogP contribution in [0.25, 0.3) is 0 Å². The van der Waals surface area contributed by atoms with Crippen LogP contribution in [0.4, 0.5) is 0 Å². The van der Waals surface area contributed by atoms with Crippen LogP contribution in [0.1, 0.15) is 53.4 Å². The van der Waals surface area contributed by atoms with Crippen molar-refractivity contribution in [2.24, 2.45) is 23.7 Å². The first-order chi connectivity index (χ1) is 6.52. The molecule has 1 fully saturated rings. The van der Waals surface area contributed by atoms with Crippen molar-refractivity contribution in [2.75, 3.05) is 0 Å². The summed E-state index contributed by atoms with van der Waals surface area (Å²) in [6, 6.07) is 0. The van der Waals surface area contributed by atoms with Gasteiger partial charge in [0.05, 0.1) is 0 Å². The minimum atomic E-state index is 0.258. The van der Waals surface area contributed by atoms with E-state index in [0.717, 1.165) is 18.8 Å². The Morgan fingerprint density at radius 2 is 1.57 bits per heavy atom. The maximum atomic E-state index is 12.0. The van der Waals surface area contributed by atoms with Gasteiger partial charge in [0.25, 0.3) is 0 Å². The highest BCUT2D eigenvalue weighted by Gasteiger charge is 2.28. The van der Waals surface area contributed by atoms with Gasteiger partial charge in [-0.1, -0.05) is 40.5 Å². The van der Waals surface area contributed by atoms with Crippen LogP contribution in [0.3, 0.4) is 0 Å². The largest absolute Gasteiger partial charge is 0.299 e. The quantitative estimate of drug-likeness (QED) is 0.673. The van der Waals surface area contributed by atoms with E-state index in [0.29, 0.717) is 17.6 Å². The predicted octanol–water partition coefficient (Wildman–Crippen LogP) is 3.67. The zero-order valence-corrected chi connectivity index (χ0v) is 10.0. The highest BCUT2D eigenvalue weighted by molar-refractivity contribution is 5.83. The number of rotatable bonds is 3. The molecule has 1 heteroatoms. The standard InChI is InChI=1S/C13H24O/c1-9(2)11(4)13(14)12-7-5-10(3)6-8-12/h9-12H,5-8H2,1-4H3. The molecule has 0 bridgehead atoms. The smallest absolute Gasteiger partial charge is 0.139 e. The van der Waals surface area contributed by atoms with Crippen LogP contribution in [0, 0.1) is 23.7 Å². The minimum absolute atomic E-state index is 0.258. The van der Waals surface area contributed by atoms with Crippen LogP contribution in [-0.2, 0) is 4.79 Å². The Hall–Kier alpha value is -0.330. The molecule has 0 aromatic rings. The van der Waals surface area contributed by atoms with Gasteiger partial charge in [-0.25, -0.2) is 0 Å². The number of hydrogen-bond acceptors (Lipinski definition) is 1. The Morgan fingerprint density at radius 3 is 2.00 bits per heavy atom. The zero-order chi connectivity index (χ0) is 10.7. The molecule has 0 aromatic heterocycles. The molecule has 1 saturated carbocycles. The van der Waals surface area contributed by atoms with Crippen LogP contribution in [0.2, 0.25) is 0 Å². The monoisotopic (exact) mass is 196 g/mol. The second-order valence-electron chi connectivity index (χ2n) is 5.39. The van der Waals surface area contributed by atoms with Crippen LogP contribution in [-0.4, -0.2) is 5.78 Å². The molecule has 0 amide bonds. The minimum Gasteiger partial charge on any atom is -0.299 e. The van der Waals surface area contributed by atoms with E-state index in [1.165, 1.54) is 12.8 Å². The summed E-state index contributed by atoms with van der Waals surface area (Å²) in [5, 5.41) is 0. The van der Waals surface area contributed by atoms with Crippen molar-refractivity contribution < 1.29 is 4.79 Å². The third kappa shape index (κ3) is 2.83. The molecule has 1 rings (SSSR count). The first-order valence-corrected chi connectivity index (χ1v) is 6.06. The topological polar surface area (TPSA) is 17.1 Å². The molecule has 1 atom stereocenters. The summed E-state index contributed by atoms with van der Waals surface area (Å²) >= 11 is 0. The highest BCUT2D eigenvalue weighted by Crippen LogP contribution is 2.31. The third-order valence-electron chi connectivity index (χ3n) is 3.87. The molecule has 1 aliphatic carbocycles. The average molecular weight is 196 g/mol. The van der Waals surface area contributed by atoms with Crippen molar-refractivity contribution in [3.05, 3.63) is 0 Å². The molecule has 0 aromatic carbocycles. The van der Waals surface area contributed by atoms with Gasteiger partial charge in [0, 0.05) is 11.8 Å². The molecule has 0 aliphatic heterocycles. The Bertz CT molecular complexity index is 187. The van der Waals surface area contributed by atoms with Gasteiger partial charge in [0.15, 0.2) is 0 Å². The Balaban J connectivity index is 2.45. The maximum absolute atomic E-state index is 12.0. The van der Waals surface area contributed by atoms with E-state index in [-0.39, 0.29) is 5.92 Å². The third-order valence-corrected chi connectivity index (χ3v) is 3.87. The molecule has 1 aliphatic rings. The fourth-order valence-electron chi connectivity index (χ4n) is 2.24. The summed E-state index contributed by atoms with van der Waals surface area (Å²) in [7, 11) is 0. The molecule has 0 radical (unpaired) electrons. The average Bonchev–Trinajstić information content (AvgIpc) is 2.16.